The van der Waals surface area contributed by atoms with Crippen LogP contribution in [-0.4, -0.2) is 27.3 Å². The van der Waals surface area contributed by atoms with Crippen LogP contribution in [0.2, 0.25) is 0 Å². The van der Waals surface area contributed by atoms with Gasteiger partial charge in [-0.1, -0.05) is 12.8 Å². The van der Waals surface area contributed by atoms with E-state index in [1.807, 2.05) is 0 Å². The van der Waals surface area contributed by atoms with Gasteiger partial charge in [-0.15, -0.1) is 0 Å². The van der Waals surface area contributed by atoms with Crippen LogP contribution < -0.4 is 5.73 Å². The quantitative estimate of drug-likeness (QED) is 0.588. The lowest BCUT2D eigenvalue weighted by atomic mass is 9.76. The van der Waals surface area contributed by atoms with Crippen LogP contribution in [-0.2, 0) is 9.31 Å². The molecule has 0 spiro atoms. The van der Waals surface area contributed by atoms with Crippen molar-refractivity contribution in [3.63, 3.8) is 0 Å². The SMILES string of the molecule is COB(OC)C(N)CC1CC1. The maximum absolute atomic E-state index is 5.83. The molecule has 3 nitrogen and oxygen atoms in total. The summed E-state index contributed by atoms with van der Waals surface area (Å²) in [6.45, 7) is 0. The molecule has 1 fully saturated rings. The lowest BCUT2D eigenvalue weighted by Gasteiger charge is -2.15. The molecule has 1 rings (SSSR count). The van der Waals surface area contributed by atoms with Gasteiger partial charge < -0.3 is 15.0 Å². The molecule has 4 heteroatoms. The fraction of sp³-hybridized carbons (Fsp3) is 1.00. The molecule has 0 aromatic rings. The maximum atomic E-state index is 5.83. The van der Waals surface area contributed by atoms with Gasteiger partial charge >= 0.3 is 7.12 Å². The third-order valence-corrected chi connectivity index (χ3v) is 2.12. The molecule has 0 saturated heterocycles. The molecule has 0 bridgehead atoms. The highest BCUT2D eigenvalue weighted by Gasteiger charge is 2.31. The monoisotopic (exact) mass is 157 g/mol. The molecule has 0 radical (unpaired) electrons. The van der Waals surface area contributed by atoms with Gasteiger partial charge in [0.2, 0.25) is 0 Å². The van der Waals surface area contributed by atoms with E-state index in [0.717, 1.165) is 12.3 Å². The van der Waals surface area contributed by atoms with Crippen molar-refractivity contribution < 1.29 is 9.31 Å². The van der Waals surface area contributed by atoms with Crippen LogP contribution in [0.15, 0.2) is 0 Å². The Labute approximate surface area is 68.4 Å². The maximum Gasteiger partial charge on any atom is 0.474 e. The summed E-state index contributed by atoms with van der Waals surface area (Å²) in [6, 6.07) is 0. The van der Waals surface area contributed by atoms with Gasteiger partial charge in [0.15, 0.2) is 0 Å². The fourth-order valence-electron chi connectivity index (χ4n) is 1.30. The molecule has 1 aliphatic carbocycles. The third-order valence-electron chi connectivity index (χ3n) is 2.12. The highest BCUT2D eigenvalue weighted by atomic mass is 16.6. The fourth-order valence-corrected chi connectivity index (χ4v) is 1.30. The number of nitrogens with two attached hydrogens (primary N) is 1. The molecular formula is C7H16BNO2. The molecule has 2 N–H and O–H groups in total. The van der Waals surface area contributed by atoms with Crippen LogP contribution in [0.4, 0.5) is 0 Å². The van der Waals surface area contributed by atoms with Crippen molar-refractivity contribution in [2.24, 2.45) is 11.7 Å². The molecule has 1 aliphatic rings. The van der Waals surface area contributed by atoms with Gasteiger partial charge in [-0.25, -0.2) is 0 Å². The summed E-state index contributed by atoms with van der Waals surface area (Å²) in [4.78, 5) is 0. The molecule has 0 heterocycles. The highest BCUT2D eigenvalue weighted by molar-refractivity contribution is 6.46. The molecule has 64 valence electrons. The lowest BCUT2D eigenvalue weighted by molar-refractivity contribution is 0.263. The van der Waals surface area contributed by atoms with E-state index in [1.165, 1.54) is 12.8 Å². The Balaban J connectivity index is 2.18. The van der Waals surface area contributed by atoms with Gasteiger partial charge in [-0.2, -0.15) is 0 Å². The van der Waals surface area contributed by atoms with Crippen LogP contribution in [0, 0.1) is 5.92 Å². The summed E-state index contributed by atoms with van der Waals surface area (Å²) in [6.07, 6.45) is 3.69. The van der Waals surface area contributed by atoms with E-state index < -0.39 is 0 Å². The molecule has 1 saturated carbocycles. The van der Waals surface area contributed by atoms with Crippen LogP contribution in [0.5, 0.6) is 0 Å². The van der Waals surface area contributed by atoms with Crippen molar-refractivity contribution in [2.45, 2.75) is 25.2 Å². The van der Waals surface area contributed by atoms with Crippen molar-refractivity contribution in [1.29, 1.82) is 0 Å². The Morgan fingerprint density at radius 3 is 2.36 bits per heavy atom. The highest BCUT2D eigenvalue weighted by Crippen LogP contribution is 2.33. The van der Waals surface area contributed by atoms with Crippen LogP contribution in [0.25, 0.3) is 0 Å². The van der Waals surface area contributed by atoms with E-state index in [-0.39, 0.29) is 13.1 Å². The van der Waals surface area contributed by atoms with Crippen LogP contribution in [0.3, 0.4) is 0 Å². The van der Waals surface area contributed by atoms with Crippen molar-refractivity contribution in [2.75, 3.05) is 14.2 Å². The molecule has 1 atom stereocenters. The first kappa shape index (κ1) is 9.04. The van der Waals surface area contributed by atoms with E-state index in [4.69, 9.17) is 15.0 Å². The van der Waals surface area contributed by atoms with E-state index in [9.17, 15) is 0 Å². The molecule has 0 aliphatic heterocycles. The van der Waals surface area contributed by atoms with Gasteiger partial charge in [0.1, 0.15) is 0 Å². The molecular weight excluding hydrogens is 141 g/mol. The standard InChI is InChI=1S/C7H16BNO2/c1-10-8(11-2)7(9)5-6-3-4-6/h6-7H,3-5,9H2,1-2H3. The second kappa shape index (κ2) is 4.09. The second-order valence-electron chi connectivity index (χ2n) is 3.18. The number of hydrogen-bond acceptors (Lipinski definition) is 3. The zero-order chi connectivity index (χ0) is 8.27. The Bertz CT molecular complexity index is 115. The Morgan fingerprint density at radius 2 is 2.00 bits per heavy atom. The van der Waals surface area contributed by atoms with E-state index in [0.29, 0.717) is 0 Å². The Morgan fingerprint density at radius 1 is 1.45 bits per heavy atom. The Kier molecular flexibility index (Phi) is 3.36. The zero-order valence-corrected chi connectivity index (χ0v) is 7.25. The van der Waals surface area contributed by atoms with E-state index in [2.05, 4.69) is 0 Å². The smallest absolute Gasteiger partial charge is 0.413 e. The molecule has 0 aromatic heterocycles. The Hall–Kier alpha value is -0.0551. The van der Waals surface area contributed by atoms with Crippen molar-refractivity contribution in [3.8, 4) is 0 Å². The van der Waals surface area contributed by atoms with Gasteiger partial charge in [-0.05, 0) is 12.3 Å². The van der Waals surface area contributed by atoms with E-state index in [1.54, 1.807) is 14.2 Å². The third kappa shape index (κ3) is 2.81. The first-order chi connectivity index (χ1) is 5.27. The molecule has 1 unspecified atom stereocenters. The summed E-state index contributed by atoms with van der Waals surface area (Å²) < 4.78 is 10.1. The van der Waals surface area contributed by atoms with Crippen molar-refractivity contribution in [1.82, 2.24) is 0 Å². The minimum absolute atomic E-state index is 0.0394. The largest absolute Gasteiger partial charge is 0.474 e. The average Bonchev–Trinajstić information content (AvgIpc) is 2.74. The average molecular weight is 157 g/mol. The summed E-state index contributed by atoms with van der Waals surface area (Å²) in [7, 11) is 3.03. The minimum Gasteiger partial charge on any atom is -0.413 e. The normalized spacial score (nSPS) is 19.9. The summed E-state index contributed by atoms with van der Waals surface area (Å²) in [5.41, 5.74) is 5.83. The molecule has 11 heavy (non-hydrogen) atoms. The van der Waals surface area contributed by atoms with Gasteiger partial charge in [0.25, 0.3) is 0 Å². The topological polar surface area (TPSA) is 44.5 Å². The second-order valence-corrected chi connectivity index (χ2v) is 3.18. The summed E-state index contributed by atoms with van der Waals surface area (Å²) in [5.74, 6) is 0.871. The van der Waals surface area contributed by atoms with Gasteiger partial charge in [-0.3, -0.25) is 0 Å². The number of rotatable bonds is 5. The predicted molar refractivity (Wildman–Crippen MR) is 45.1 cm³/mol. The summed E-state index contributed by atoms with van der Waals surface area (Å²) in [5, 5.41) is 0. The minimum atomic E-state index is -0.226. The van der Waals surface area contributed by atoms with Gasteiger partial charge in [0.05, 0.1) is 0 Å². The first-order valence-corrected chi connectivity index (χ1v) is 4.09. The number of hydrogen-bond donors (Lipinski definition) is 1. The van der Waals surface area contributed by atoms with Crippen LogP contribution >= 0.6 is 0 Å². The van der Waals surface area contributed by atoms with Crippen molar-refractivity contribution >= 4 is 7.12 Å². The molecule has 0 amide bonds. The summed E-state index contributed by atoms with van der Waals surface area (Å²) >= 11 is 0. The lowest BCUT2D eigenvalue weighted by Crippen LogP contribution is -2.42. The van der Waals surface area contributed by atoms with E-state index >= 15 is 0 Å². The van der Waals surface area contributed by atoms with Crippen molar-refractivity contribution in [3.05, 3.63) is 0 Å². The zero-order valence-electron chi connectivity index (χ0n) is 7.25. The molecule has 0 aromatic carbocycles. The first-order valence-electron chi connectivity index (χ1n) is 4.09. The predicted octanol–water partition coefficient (Wildman–Crippen LogP) is 0.434. The van der Waals surface area contributed by atoms with Crippen LogP contribution in [0.1, 0.15) is 19.3 Å². The van der Waals surface area contributed by atoms with Gasteiger partial charge in [0, 0.05) is 20.2 Å².